The van der Waals surface area contributed by atoms with Crippen LogP contribution < -0.4 is 0 Å². The lowest BCUT2D eigenvalue weighted by Crippen LogP contribution is -2.45. The van der Waals surface area contributed by atoms with Gasteiger partial charge in [-0.25, -0.2) is 8.42 Å². The Balaban J connectivity index is 2.63. The fraction of sp³-hybridized carbons (Fsp3) is 1.00. The standard InChI is InChI=1S/C9H18ClNO2S/c1-9(11(2)3)6-4-8(5-7-9)14(10,12)13/h8H,4-7H2,1-3H3. The molecule has 1 aliphatic rings. The third kappa shape index (κ3) is 2.61. The normalized spacial score (nSPS) is 34.8. The third-order valence-electron chi connectivity index (χ3n) is 3.49. The van der Waals surface area contributed by atoms with Crippen molar-refractivity contribution >= 4 is 19.7 Å². The number of hydrogen-bond acceptors (Lipinski definition) is 3. The van der Waals surface area contributed by atoms with Crippen molar-refractivity contribution in [1.29, 1.82) is 0 Å². The summed E-state index contributed by atoms with van der Waals surface area (Å²) in [6.45, 7) is 2.17. The Bertz CT molecular complexity index is 292. The summed E-state index contributed by atoms with van der Waals surface area (Å²) in [5.41, 5.74) is 0.137. The maximum Gasteiger partial charge on any atom is 0.235 e. The topological polar surface area (TPSA) is 37.4 Å². The number of halogens is 1. The van der Waals surface area contributed by atoms with Gasteiger partial charge in [-0.3, -0.25) is 0 Å². The van der Waals surface area contributed by atoms with E-state index >= 15 is 0 Å². The van der Waals surface area contributed by atoms with Crippen LogP contribution in [0.5, 0.6) is 0 Å². The molecule has 0 spiro atoms. The quantitative estimate of drug-likeness (QED) is 0.690. The van der Waals surface area contributed by atoms with Gasteiger partial charge in [0, 0.05) is 16.2 Å². The van der Waals surface area contributed by atoms with Crippen molar-refractivity contribution in [2.45, 2.75) is 43.4 Å². The first-order valence-corrected chi connectivity index (χ1v) is 7.24. The van der Waals surface area contributed by atoms with E-state index in [0.717, 1.165) is 12.8 Å². The largest absolute Gasteiger partial charge is 0.304 e. The summed E-state index contributed by atoms with van der Waals surface area (Å²) in [4.78, 5) is 2.17. The minimum absolute atomic E-state index is 0.137. The van der Waals surface area contributed by atoms with Gasteiger partial charge in [-0.1, -0.05) is 0 Å². The molecule has 0 N–H and O–H groups in total. The van der Waals surface area contributed by atoms with Gasteiger partial charge in [-0.2, -0.15) is 0 Å². The lowest BCUT2D eigenvalue weighted by Gasteiger charge is -2.41. The van der Waals surface area contributed by atoms with Gasteiger partial charge in [0.25, 0.3) is 0 Å². The molecule has 0 atom stereocenters. The Morgan fingerprint density at radius 3 is 2.00 bits per heavy atom. The zero-order chi connectivity index (χ0) is 11.0. The van der Waals surface area contributed by atoms with Crippen LogP contribution in [0.25, 0.3) is 0 Å². The third-order valence-corrected chi connectivity index (χ3v) is 5.51. The van der Waals surface area contributed by atoms with Gasteiger partial charge in [0.15, 0.2) is 0 Å². The second-order valence-electron chi connectivity index (χ2n) is 4.57. The second kappa shape index (κ2) is 3.99. The van der Waals surface area contributed by atoms with Crippen LogP contribution >= 0.6 is 10.7 Å². The molecule has 1 saturated carbocycles. The first kappa shape index (κ1) is 12.3. The Morgan fingerprint density at radius 2 is 1.71 bits per heavy atom. The molecule has 14 heavy (non-hydrogen) atoms. The van der Waals surface area contributed by atoms with Crippen LogP contribution in [0.4, 0.5) is 0 Å². The van der Waals surface area contributed by atoms with Gasteiger partial charge in [-0.15, -0.1) is 0 Å². The summed E-state index contributed by atoms with van der Waals surface area (Å²) in [5, 5.41) is -0.336. The summed E-state index contributed by atoms with van der Waals surface area (Å²) in [7, 11) is 6.07. The van der Waals surface area contributed by atoms with Crippen LogP contribution in [0.2, 0.25) is 0 Å². The highest BCUT2D eigenvalue weighted by atomic mass is 35.7. The minimum atomic E-state index is -3.35. The van der Waals surface area contributed by atoms with E-state index in [2.05, 4.69) is 11.8 Å². The SMILES string of the molecule is CN(C)C1(C)CCC(S(=O)(=O)Cl)CC1. The Hall–Kier alpha value is 0.200. The summed E-state index contributed by atoms with van der Waals surface area (Å²) in [6, 6.07) is 0. The molecule has 0 aliphatic heterocycles. The number of hydrogen-bond donors (Lipinski definition) is 0. The van der Waals surface area contributed by atoms with Crippen LogP contribution in [0.15, 0.2) is 0 Å². The molecule has 5 heteroatoms. The van der Waals surface area contributed by atoms with Crippen LogP contribution in [-0.4, -0.2) is 38.2 Å². The zero-order valence-electron chi connectivity index (χ0n) is 8.96. The summed E-state index contributed by atoms with van der Waals surface area (Å²) < 4.78 is 22.2. The molecule has 0 saturated heterocycles. The van der Waals surface area contributed by atoms with E-state index in [1.165, 1.54) is 0 Å². The highest BCUT2D eigenvalue weighted by Crippen LogP contribution is 2.35. The number of rotatable bonds is 2. The van der Waals surface area contributed by atoms with Crippen LogP contribution in [-0.2, 0) is 9.05 Å². The molecule has 0 amide bonds. The van der Waals surface area contributed by atoms with Crippen molar-refractivity contribution in [3.8, 4) is 0 Å². The maximum atomic E-state index is 11.1. The Kier molecular flexibility index (Phi) is 3.49. The average Bonchev–Trinajstić information content (AvgIpc) is 2.03. The van der Waals surface area contributed by atoms with Gasteiger partial charge in [0.1, 0.15) is 0 Å². The second-order valence-corrected chi connectivity index (χ2v) is 7.47. The van der Waals surface area contributed by atoms with Gasteiger partial charge in [-0.05, 0) is 46.7 Å². The highest BCUT2D eigenvalue weighted by Gasteiger charge is 2.37. The monoisotopic (exact) mass is 239 g/mol. The molecule has 3 nitrogen and oxygen atoms in total. The van der Waals surface area contributed by atoms with E-state index in [1.807, 2.05) is 14.1 Å². The van der Waals surface area contributed by atoms with E-state index in [9.17, 15) is 8.42 Å². The summed E-state index contributed by atoms with van der Waals surface area (Å²) >= 11 is 0. The van der Waals surface area contributed by atoms with Crippen molar-refractivity contribution in [2.75, 3.05) is 14.1 Å². The lowest BCUT2D eigenvalue weighted by atomic mass is 9.82. The summed E-state index contributed by atoms with van der Waals surface area (Å²) in [6.07, 6.45) is 3.16. The molecule has 1 aliphatic carbocycles. The molecule has 1 fully saturated rings. The Morgan fingerprint density at radius 1 is 1.29 bits per heavy atom. The van der Waals surface area contributed by atoms with Crippen LogP contribution in [0.1, 0.15) is 32.6 Å². The van der Waals surface area contributed by atoms with E-state index in [1.54, 1.807) is 0 Å². The summed E-state index contributed by atoms with van der Waals surface area (Å²) in [5.74, 6) is 0. The molecule has 1 rings (SSSR count). The van der Waals surface area contributed by atoms with Crippen molar-refractivity contribution in [2.24, 2.45) is 0 Å². The van der Waals surface area contributed by atoms with Gasteiger partial charge < -0.3 is 4.90 Å². The molecular formula is C9H18ClNO2S. The van der Waals surface area contributed by atoms with Gasteiger partial charge in [0.2, 0.25) is 9.05 Å². The highest BCUT2D eigenvalue weighted by molar-refractivity contribution is 8.14. The molecule has 0 radical (unpaired) electrons. The number of nitrogens with zero attached hydrogens (tertiary/aromatic N) is 1. The van der Waals surface area contributed by atoms with E-state index in [4.69, 9.17) is 10.7 Å². The molecule has 0 bridgehead atoms. The predicted molar refractivity (Wildman–Crippen MR) is 59.1 cm³/mol. The first-order chi connectivity index (χ1) is 6.26. The molecule has 0 aromatic carbocycles. The van der Waals surface area contributed by atoms with Crippen molar-refractivity contribution in [3.63, 3.8) is 0 Å². The smallest absolute Gasteiger partial charge is 0.235 e. The van der Waals surface area contributed by atoms with Crippen molar-refractivity contribution in [3.05, 3.63) is 0 Å². The van der Waals surface area contributed by atoms with E-state index < -0.39 is 9.05 Å². The molecule has 0 unspecified atom stereocenters. The van der Waals surface area contributed by atoms with Gasteiger partial charge in [0.05, 0.1) is 5.25 Å². The fourth-order valence-electron chi connectivity index (χ4n) is 1.94. The van der Waals surface area contributed by atoms with E-state index in [-0.39, 0.29) is 10.8 Å². The maximum absolute atomic E-state index is 11.1. The molecule has 84 valence electrons. The van der Waals surface area contributed by atoms with Crippen molar-refractivity contribution < 1.29 is 8.42 Å². The van der Waals surface area contributed by atoms with E-state index in [0.29, 0.717) is 12.8 Å². The zero-order valence-corrected chi connectivity index (χ0v) is 10.5. The predicted octanol–water partition coefficient (Wildman–Crippen LogP) is 1.82. The Labute approximate surface area is 90.8 Å². The molecular weight excluding hydrogens is 222 g/mol. The van der Waals surface area contributed by atoms with Crippen LogP contribution in [0.3, 0.4) is 0 Å². The average molecular weight is 240 g/mol. The lowest BCUT2D eigenvalue weighted by molar-refractivity contribution is 0.122. The minimum Gasteiger partial charge on any atom is -0.304 e. The molecule has 0 aromatic heterocycles. The first-order valence-electron chi connectivity index (χ1n) is 4.86. The van der Waals surface area contributed by atoms with Crippen LogP contribution in [0, 0.1) is 0 Å². The fourth-order valence-corrected chi connectivity index (χ4v) is 3.28. The molecule has 0 heterocycles. The van der Waals surface area contributed by atoms with Gasteiger partial charge >= 0.3 is 0 Å². The van der Waals surface area contributed by atoms with Crippen molar-refractivity contribution in [1.82, 2.24) is 4.90 Å². The molecule has 0 aromatic rings.